The molecule has 1 aliphatic heterocycles. The third-order valence-corrected chi connectivity index (χ3v) is 3.83. The Hall–Kier alpha value is -1.85. The smallest absolute Gasteiger partial charge is 0.255 e. The summed E-state index contributed by atoms with van der Waals surface area (Å²) >= 11 is 0. The molecule has 2 heterocycles. The second kappa shape index (κ2) is 6.94. The van der Waals surface area contributed by atoms with Gasteiger partial charge in [0, 0.05) is 44.0 Å². The van der Waals surface area contributed by atoms with Crippen molar-refractivity contribution in [2.45, 2.75) is 12.5 Å². The number of hydrogen-bond donors (Lipinski definition) is 2. The average molecular weight is 321 g/mol. The average Bonchev–Trinajstić information content (AvgIpc) is 3.00. The van der Waals surface area contributed by atoms with E-state index in [1.165, 1.54) is 0 Å². The first-order valence-electron chi connectivity index (χ1n) is 7.23. The standard InChI is InChI=1S/C16H20N4O.ClH/c1-20(2)16(21)13-5-6-14(19-11-7-9-17-10-11)12-4-3-8-18-15(12)13;/h3-6,8,11,17,19H,7,9-10H2,1-2H3;1H. The van der Waals surface area contributed by atoms with Crippen molar-refractivity contribution in [1.82, 2.24) is 15.2 Å². The number of nitrogens with one attached hydrogen (secondary N) is 2. The Kier molecular flexibility index (Phi) is 5.21. The molecule has 1 amide bonds. The number of hydrogen-bond acceptors (Lipinski definition) is 4. The molecule has 1 fully saturated rings. The predicted molar refractivity (Wildman–Crippen MR) is 91.9 cm³/mol. The molecule has 1 atom stereocenters. The zero-order chi connectivity index (χ0) is 14.8. The number of carbonyl (C=O) groups is 1. The molecule has 118 valence electrons. The van der Waals surface area contributed by atoms with Gasteiger partial charge in [-0.2, -0.15) is 0 Å². The number of benzene rings is 1. The number of rotatable bonds is 3. The minimum atomic E-state index is -0.0206. The Morgan fingerprint density at radius 3 is 2.86 bits per heavy atom. The van der Waals surface area contributed by atoms with Gasteiger partial charge < -0.3 is 15.5 Å². The lowest BCUT2D eigenvalue weighted by Gasteiger charge is -2.17. The lowest BCUT2D eigenvalue weighted by molar-refractivity contribution is 0.0829. The van der Waals surface area contributed by atoms with E-state index < -0.39 is 0 Å². The maximum Gasteiger partial charge on any atom is 0.255 e. The van der Waals surface area contributed by atoms with Crippen LogP contribution in [-0.2, 0) is 0 Å². The molecule has 22 heavy (non-hydrogen) atoms. The molecular formula is C16H21ClN4O. The Labute approximate surface area is 136 Å². The lowest BCUT2D eigenvalue weighted by atomic mass is 10.1. The first-order valence-corrected chi connectivity index (χ1v) is 7.23. The van der Waals surface area contributed by atoms with Gasteiger partial charge in [-0.05, 0) is 37.2 Å². The summed E-state index contributed by atoms with van der Waals surface area (Å²) in [4.78, 5) is 18.3. The van der Waals surface area contributed by atoms with E-state index in [2.05, 4.69) is 15.6 Å². The fourth-order valence-electron chi connectivity index (χ4n) is 2.71. The summed E-state index contributed by atoms with van der Waals surface area (Å²) in [5.74, 6) is -0.0206. The molecule has 1 saturated heterocycles. The van der Waals surface area contributed by atoms with E-state index in [1.54, 1.807) is 25.2 Å². The van der Waals surface area contributed by atoms with Gasteiger partial charge in [0.25, 0.3) is 5.91 Å². The molecule has 0 bridgehead atoms. The van der Waals surface area contributed by atoms with Crippen LogP contribution in [0.5, 0.6) is 0 Å². The van der Waals surface area contributed by atoms with Crippen LogP contribution in [0.4, 0.5) is 5.69 Å². The highest BCUT2D eigenvalue weighted by Crippen LogP contribution is 2.26. The van der Waals surface area contributed by atoms with Crippen LogP contribution < -0.4 is 10.6 Å². The number of amides is 1. The number of fused-ring (bicyclic) bond motifs is 1. The summed E-state index contributed by atoms with van der Waals surface area (Å²) in [6.45, 7) is 2.02. The van der Waals surface area contributed by atoms with Gasteiger partial charge in [-0.1, -0.05) is 0 Å². The van der Waals surface area contributed by atoms with Crippen molar-refractivity contribution >= 4 is 34.9 Å². The molecular weight excluding hydrogens is 300 g/mol. The number of aromatic nitrogens is 1. The van der Waals surface area contributed by atoms with Gasteiger partial charge in [0.1, 0.15) is 0 Å². The van der Waals surface area contributed by atoms with E-state index in [4.69, 9.17) is 0 Å². The maximum atomic E-state index is 12.3. The van der Waals surface area contributed by atoms with Crippen molar-refractivity contribution in [1.29, 1.82) is 0 Å². The zero-order valence-electron chi connectivity index (χ0n) is 12.8. The Morgan fingerprint density at radius 1 is 1.36 bits per heavy atom. The summed E-state index contributed by atoms with van der Waals surface area (Å²) in [6, 6.07) is 8.20. The van der Waals surface area contributed by atoms with Gasteiger partial charge in [-0.3, -0.25) is 9.78 Å². The van der Waals surface area contributed by atoms with Crippen LogP contribution in [0.25, 0.3) is 10.9 Å². The normalized spacial score (nSPS) is 17.1. The molecule has 3 rings (SSSR count). The van der Waals surface area contributed by atoms with Gasteiger partial charge >= 0.3 is 0 Å². The molecule has 0 aliphatic carbocycles. The van der Waals surface area contributed by atoms with E-state index in [1.807, 2.05) is 24.3 Å². The first kappa shape index (κ1) is 16.5. The van der Waals surface area contributed by atoms with Gasteiger partial charge in [0.2, 0.25) is 0 Å². The fourth-order valence-corrected chi connectivity index (χ4v) is 2.71. The quantitative estimate of drug-likeness (QED) is 0.909. The molecule has 6 heteroatoms. The molecule has 1 aromatic carbocycles. The first-order chi connectivity index (χ1) is 10.2. The number of anilines is 1. The van der Waals surface area contributed by atoms with Gasteiger partial charge in [0.15, 0.2) is 0 Å². The predicted octanol–water partition coefficient (Wildman–Crippen LogP) is 2.13. The lowest BCUT2D eigenvalue weighted by Crippen LogP contribution is -2.23. The molecule has 1 aromatic heterocycles. The molecule has 0 spiro atoms. The van der Waals surface area contributed by atoms with Crippen LogP contribution in [0, 0.1) is 0 Å². The van der Waals surface area contributed by atoms with Crippen LogP contribution in [0.2, 0.25) is 0 Å². The zero-order valence-corrected chi connectivity index (χ0v) is 13.6. The highest BCUT2D eigenvalue weighted by molar-refractivity contribution is 6.08. The van der Waals surface area contributed by atoms with Crippen LogP contribution in [0.15, 0.2) is 30.5 Å². The van der Waals surface area contributed by atoms with E-state index in [9.17, 15) is 4.79 Å². The topological polar surface area (TPSA) is 57.3 Å². The second-order valence-electron chi connectivity index (χ2n) is 5.59. The minimum Gasteiger partial charge on any atom is -0.380 e. The van der Waals surface area contributed by atoms with E-state index >= 15 is 0 Å². The summed E-state index contributed by atoms with van der Waals surface area (Å²) in [7, 11) is 3.51. The third-order valence-electron chi connectivity index (χ3n) is 3.83. The Morgan fingerprint density at radius 2 is 2.18 bits per heavy atom. The van der Waals surface area contributed by atoms with Crippen molar-refractivity contribution in [2.75, 3.05) is 32.5 Å². The van der Waals surface area contributed by atoms with Crippen LogP contribution in [0.3, 0.4) is 0 Å². The van der Waals surface area contributed by atoms with E-state index in [-0.39, 0.29) is 18.3 Å². The van der Waals surface area contributed by atoms with Gasteiger partial charge in [0.05, 0.1) is 11.1 Å². The molecule has 2 N–H and O–H groups in total. The second-order valence-corrected chi connectivity index (χ2v) is 5.59. The SMILES string of the molecule is CN(C)C(=O)c1ccc(NC2CCNC2)c2cccnc12.Cl. The van der Waals surface area contributed by atoms with Crippen molar-refractivity contribution in [3.63, 3.8) is 0 Å². The monoisotopic (exact) mass is 320 g/mol. The van der Waals surface area contributed by atoms with E-state index in [0.717, 1.165) is 36.1 Å². The molecule has 0 saturated carbocycles. The summed E-state index contributed by atoms with van der Waals surface area (Å²) in [6.07, 6.45) is 2.84. The largest absolute Gasteiger partial charge is 0.380 e. The van der Waals surface area contributed by atoms with E-state index in [0.29, 0.717) is 11.6 Å². The molecule has 5 nitrogen and oxygen atoms in total. The van der Waals surface area contributed by atoms with Crippen molar-refractivity contribution in [2.24, 2.45) is 0 Å². The number of carbonyl (C=O) groups excluding carboxylic acids is 1. The molecule has 1 unspecified atom stereocenters. The maximum absolute atomic E-state index is 12.3. The Balaban J connectivity index is 0.00000176. The highest BCUT2D eigenvalue weighted by atomic mass is 35.5. The molecule has 1 aliphatic rings. The number of halogens is 1. The van der Waals surface area contributed by atoms with Crippen molar-refractivity contribution < 1.29 is 4.79 Å². The molecule has 0 radical (unpaired) electrons. The van der Waals surface area contributed by atoms with Crippen LogP contribution in [0.1, 0.15) is 16.8 Å². The third kappa shape index (κ3) is 3.15. The highest BCUT2D eigenvalue weighted by Gasteiger charge is 2.18. The number of nitrogens with zero attached hydrogens (tertiary/aromatic N) is 2. The summed E-state index contributed by atoms with van der Waals surface area (Å²) in [5, 5.41) is 7.90. The van der Waals surface area contributed by atoms with Crippen LogP contribution >= 0.6 is 12.4 Å². The van der Waals surface area contributed by atoms with Gasteiger partial charge in [-0.25, -0.2) is 0 Å². The summed E-state index contributed by atoms with van der Waals surface area (Å²) in [5.41, 5.74) is 2.44. The van der Waals surface area contributed by atoms with Crippen molar-refractivity contribution in [3.8, 4) is 0 Å². The Bertz CT molecular complexity index is 668. The van der Waals surface area contributed by atoms with Crippen LogP contribution in [-0.4, -0.2) is 49.0 Å². The van der Waals surface area contributed by atoms with Crippen molar-refractivity contribution in [3.05, 3.63) is 36.0 Å². The summed E-state index contributed by atoms with van der Waals surface area (Å²) < 4.78 is 0. The minimum absolute atomic E-state index is 0. The molecule has 2 aromatic rings. The van der Waals surface area contributed by atoms with Gasteiger partial charge in [-0.15, -0.1) is 12.4 Å². The fraction of sp³-hybridized carbons (Fsp3) is 0.375. The number of pyridine rings is 1.